The van der Waals surface area contributed by atoms with Gasteiger partial charge in [0.15, 0.2) is 9.84 Å². The molecule has 76 valence electrons. The average Bonchev–Trinajstić information content (AvgIpc) is 2.16. The van der Waals surface area contributed by atoms with Crippen molar-refractivity contribution in [2.24, 2.45) is 0 Å². The average molecular weight is 210 g/mol. The van der Waals surface area contributed by atoms with Gasteiger partial charge < -0.3 is 0 Å². The van der Waals surface area contributed by atoms with Crippen LogP contribution in [0, 0.1) is 0 Å². The molecule has 0 atom stereocenters. The maximum atomic E-state index is 11.4. The van der Waals surface area contributed by atoms with E-state index in [2.05, 4.69) is 0 Å². The van der Waals surface area contributed by atoms with Crippen LogP contribution in [0.1, 0.15) is 19.4 Å². The molecule has 1 aromatic rings. The number of hydrogen-bond donors (Lipinski definition) is 0. The smallest absolute Gasteiger partial charge is 0.173 e. The molecule has 3 heteroatoms. The Kier molecular flexibility index (Phi) is 3.47. The van der Waals surface area contributed by atoms with E-state index in [1.165, 1.54) is 5.41 Å². The Morgan fingerprint density at radius 2 is 1.71 bits per heavy atom. The summed E-state index contributed by atoms with van der Waals surface area (Å²) >= 11 is 0. The fourth-order valence-electron chi connectivity index (χ4n) is 0.895. The zero-order valence-electron chi connectivity index (χ0n) is 8.34. The number of hydrogen-bond acceptors (Lipinski definition) is 2. The zero-order valence-corrected chi connectivity index (χ0v) is 9.16. The monoisotopic (exact) mass is 210 g/mol. The summed E-state index contributed by atoms with van der Waals surface area (Å²) in [5.74, 6) is 0. The van der Waals surface area contributed by atoms with Crippen molar-refractivity contribution >= 4 is 15.9 Å². The van der Waals surface area contributed by atoms with Crippen LogP contribution in [-0.2, 0) is 9.84 Å². The van der Waals surface area contributed by atoms with E-state index >= 15 is 0 Å². The third kappa shape index (κ3) is 3.00. The molecule has 0 aliphatic carbocycles. The highest BCUT2D eigenvalue weighted by atomic mass is 32.2. The lowest BCUT2D eigenvalue weighted by molar-refractivity contribution is 0.596. The maximum Gasteiger partial charge on any atom is 0.173 e. The molecule has 1 rings (SSSR count). The highest BCUT2D eigenvalue weighted by Gasteiger charge is 2.10. The fraction of sp³-hybridized carbons (Fsp3) is 0.273. The lowest BCUT2D eigenvalue weighted by Crippen LogP contribution is -2.09. The highest BCUT2D eigenvalue weighted by molar-refractivity contribution is 7.94. The van der Waals surface area contributed by atoms with Gasteiger partial charge in [-0.15, -0.1) is 0 Å². The molecule has 0 saturated heterocycles. The van der Waals surface area contributed by atoms with Crippen molar-refractivity contribution in [3.63, 3.8) is 0 Å². The minimum atomic E-state index is -3.08. The fourth-order valence-corrected chi connectivity index (χ4v) is 1.56. The maximum absolute atomic E-state index is 11.4. The Morgan fingerprint density at radius 1 is 1.14 bits per heavy atom. The Balaban J connectivity index is 2.85. The molecule has 0 radical (unpaired) electrons. The van der Waals surface area contributed by atoms with Crippen molar-refractivity contribution in [2.45, 2.75) is 19.1 Å². The van der Waals surface area contributed by atoms with Gasteiger partial charge in [0.1, 0.15) is 0 Å². The van der Waals surface area contributed by atoms with E-state index in [1.54, 1.807) is 19.9 Å². The molecule has 0 saturated carbocycles. The lowest BCUT2D eigenvalue weighted by Gasteiger charge is -2.00. The Labute approximate surface area is 85.2 Å². The van der Waals surface area contributed by atoms with Gasteiger partial charge in [0.25, 0.3) is 0 Å². The van der Waals surface area contributed by atoms with Crippen molar-refractivity contribution in [3.8, 4) is 0 Å². The summed E-state index contributed by atoms with van der Waals surface area (Å²) in [6.07, 6.45) is 1.62. The van der Waals surface area contributed by atoms with Crippen LogP contribution in [0.4, 0.5) is 0 Å². The van der Waals surface area contributed by atoms with Gasteiger partial charge in [0.05, 0.1) is 5.25 Å². The molecule has 1 aromatic carbocycles. The van der Waals surface area contributed by atoms with Gasteiger partial charge in [-0.2, -0.15) is 0 Å². The summed E-state index contributed by atoms with van der Waals surface area (Å²) in [6, 6.07) is 9.39. The number of benzene rings is 1. The van der Waals surface area contributed by atoms with E-state index in [-0.39, 0.29) is 5.25 Å². The molecule has 0 fully saturated rings. The molecule has 0 aliphatic heterocycles. The molecule has 0 aliphatic rings. The van der Waals surface area contributed by atoms with Crippen LogP contribution in [0.15, 0.2) is 35.7 Å². The Bertz CT molecular complexity index is 402. The molecular weight excluding hydrogens is 196 g/mol. The van der Waals surface area contributed by atoms with E-state index in [0.717, 1.165) is 5.56 Å². The molecule has 0 unspecified atom stereocenters. The predicted octanol–water partition coefficient (Wildman–Crippen LogP) is 2.48. The molecule has 2 nitrogen and oxygen atoms in total. The first-order valence-electron chi connectivity index (χ1n) is 4.49. The Morgan fingerprint density at radius 3 is 2.21 bits per heavy atom. The van der Waals surface area contributed by atoms with Gasteiger partial charge in [-0.05, 0) is 25.5 Å². The lowest BCUT2D eigenvalue weighted by atomic mass is 10.2. The SMILES string of the molecule is CC(C)S(=O)(=O)/C=C\c1ccccc1. The van der Waals surface area contributed by atoms with Gasteiger partial charge in [0, 0.05) is 5.41 Å². The topological polar surface area (TPSA) is 34.1 Å². The largest absolute Gasteiger partial charge is 0.224 e. The quantitative estimate of drug-likeness (QED) is 0.768. The highest BCUT2D eigenvalue weighted by Crippen LogP contribution is 2.07. The first-order valence-corrected chi connectivity index (χ1v) is 6.10. The summed E-state index contributed by atoms with van der Waals surface area (Å²) in [6.45, 7) is 3.34. The third-order valence-electron chi connectivity index (χ3n) is 1.91. The van der Waals surface area contributed by atoms with Crippen molar-refractivity contribution < 1.29 is 8.42 Å². The van der Waals surface area contributed by atoms with Crippen molar-refractivity contribution in [2.75, 3.05) is 0 Å². The molecular formula is C11H14O2S. The molecule has 0 bridgehead atoms. The first-order chi connectivity index (χ1) is 6.52. The van der Waals surface area contributed by atoms with Gasteiger partial charge >= 0.3 is 0 Å². The van der Waals surface area contributed by atoms with Crippen LogP contribution in [-0.4, -0.2) is 13.7 Å². The van der Waals surface area contributed by atoms with E-state index < -0.39 is 9.84 Å². The zero-order chi connectivity index (χ0) is 10.6. The summed E-state index contributed by atoms with van der Waals surface area (Å²) in [5.41, 5.74) is 0.900. The second kappa shape index (κ2) is 4.42. The number of rotatable bonds is 3. The Hall–Kier alpha value is -1.09. The van der Waals surface area contributed by atoms with E-state index in [4.69, 9.17) is 0 Å². The van der Waals surface area contributed by atoms with Crippen LogP contribution in [0.2, 0.25) is 0 Å². The first kappa shape index (κ1) is 11.0. The normalized spacial score (nSPS) is 12.5. The minimum absolute atomic E-state index is 0.359. The molecule has 0 amide bonds. The summed E-state index contributed by atoms with van der Waals surface area (Å²) in [5, 5.41) is 0.912. The van der Waals surface area contributed by atoms with Gasteiger partial charge in [-0.25, -0.2) is 8.42 Å². The molecule has 0 heterocycles. The molecule has 0 spiro atoms. The number of sulfone groups is 1. The molecule has 0 N–H and O–H groups in total. The van der Waals surface area contributed by atoms with E-state index in [0.29, 0.717) is 0 Å². The second-order valence-electron chi connectivity index (χ2n) is 3.35. The van der Waals surface area contributed by atoms with Crippen LogP contribution >= 0.6 is 0 Å². The summed E-state index contributed by atoms with van der Waals surface area (Å²) in [4.78, 5) is 0. The van der Waals surface area contributed by atoms with E-state index in [1.807, 2.05) is 30.3 Å². The van der Waals surface area contributed by atoms with Gasteiger partial charge in [-0.1, -0.05) is 30.3 Å². The van der Waals surface area contributed by atoms with E-state index in [9.17, 15) is 8.42 Å². The van der Waals surface area contributed by atoms with Crippen molar-refractivity contribution in [1.29, 1.82) is 0 Å². The second-order valence-corrected chi connectivity index (χ2v) is 5.74. The van der Waals surface area contributed by atoms with Gasteiger partial charge in [-0.3, -0.25) is 0 Å². The van der Waals surface area contributed by atoms with Crippen molar-refractivity contribution in [3.05, 3.63) is 41.3 Å². The minimum Gasteiger partial charge on any atom is -0.224 e. The van der Waals surface area contributed by atoms with Crippen LogP contribution in [0.25, 0.3) is 6.08 Å². The van der Waals surface area contributed by atoms with Crippen molar-refractivity contribution in [1.82, 2.24) is 0 Å². The third-order valence-corrected chi connectivity index (χ3v) is 3.74. The standard InChI is InChI=1S/C11H14O2S/c1-10(2)14(12,13)9-8-11-6-4-3-5-7-11/h3-10H,1-2H3/b9-8-. The van der Waals surface area contributed by atoms with Crippen LogP contribution in [0.5, 0.6) is 0 Å². The summed E-state index contributed by atoms with van der Waals surface area (Å²) in [7, 11) is -3.08. The van der Waals surface area contributed by atoms with Crippen LogP contribution in [0.3, 0.4) is 0 Å². The van der Waals surface area contributed by atoms with Crippen LogP contribution < -0.4 is 0 Å². The summed E-state index contributed by atoms with van der Waals surface area (Å²) < 4.78 is 22.8. The molecule has 0 aromatic heterocycles. The predicted molar refractivity (Wildman–Crippen MR) is 59.5 cm³/mol. The molecule has 14 heavy (non-hydrogen) atoms. The van der Waals surface area contributed by atoms with Gasteiger partial charge in [0.2, 0.25) is 0 Å².